The number of hydrogen-bond acceptors (Lipinski definition) is 2. The zero-order valence-corrected chi connectivity index (χ0v) is 15.8. The predicted octanol–water partition coefficient (Wildman–Crippen LogP) is 4.12. The molecule has 1 heterocycles. The van der Waals surface area contributed by atoms with Gasteiger partial charge < -0.3 is 5.32 Å². The molecule has 0 aliphatic carbocycles. The van der Waals surface area contributed by atoms with Crippen molar-refractivity contribution in [1.29, 1.82) is 0 Å². The van der Waals surface area contributed by atoms with Crippen LogP contribution in [0, 0.1) is 11.8 Å². The molecule has 26 heavy (non-hydrogen) atoms. The molecule has 0 bridgehead atoms. The molecule has 0 aromatic heterocycles. The van der Waals surface area contributed by atoms with E-state index >= 15 is 0 Å². The Bertz CT molecular complexity index is 593. The molecule has 0 radical (unpaired) electrons. The predicted molar refractivity (Wildman–Crippen MR) is 96.8 cm³/mol. The van der Waals surface area contributed by atoms with E-state index in [9.17, 15) is 18.0 Å². The second-order valence-electron chi connectivity index (χ2n) is 7.71. The van der Waals surface area contributed by atoms with E-state index in [1.54, 1.807) is 6.07 Å². The van der Waals surface area contributed by atoms with Crippen molar-refractivity contribution < 1.29 is 18.0 Å². The smallest absolute Gasteiger partial charge is 0.354 e. The Balaban J connectivity index is 1.90. The van der Waals surface area contributed by atoms with E-state index in [4.69, 9.17) is 0 Å². The molecule has 1 saturated heterocycles. The molecule has 0 saturated carbocycles. The monoisotopic (exact) mass is 370 g/mol. The Hall–Kier alpha value is -1.56. The van der Waals surface area contributed by atoms with Crippen LogP contribution >= 0.6 is 0 Å². The fourth-order valence-corrected chi connectivity index (χ4v) is 3.47. The molecule has 1 atom stereocenters. The minimum absolute atomic E-state index is 0.0359. The van der Waals surface area contributed by atoms with Crippen LogP contribution in [0.4, 0.5) is 13.2 Å². The molecule has 1 aliphatic rings. The second kappa shape index (κ2) is 8.89. The van der Waals surface area contributed by atoms with E-state index in [2.05, 4.69) is 31.0 Å². The standard InChI is InChI=1S/C20H29F3N2O/c1-14(2)18(25-9-7-15(3)8-10-25)13-24-19(26)12-16-5-4-6-17(11-16)20(21,22)23/h4-6,11,14-15,18H,7-10,12-13H2,1-3H3,(H,24,26). The zero-order chi connectivity index (χ0) is 19.3. The van der Waals surface area contributed by atoms with Crippen molar-refractivity contribution in [2.45, 2.75) is 52.3 Å². The highest BCUT2D eigenvalue weighted by molar-refractivity contribution is 5.78. The van der Waals surface area contributed by atoms with Gasteiger partial charge >= 0.3 is 6.18 Å². The Kier molecular flexibility index (Phi) is 7.09. The van der Waals surface area contributed by atoms with Gasteiger partial charge in [-0.1, -0.05) is 39.0 Å². The quantitative estimate of drug-likeness (QED) is 0.817. The van der Waals surface area contributed by atoms with Crippen molar-refractivity contribution in [2.75, 3.05) is 19.6 Å². The van der Waals surface area contributed by atoms with Crippen molar-refractivity contribution in [1.82, 2.24) is 10.2 Å². The summed E-state index contributed by atoms with van der Waals surface area (Å²) in [5.74, 6) is 0.909. The van der Waals surface area contributed by atoms with Gasteiger partial charge in [-0.05, 0) is 49.4 Å². The Morgan fingerprint density at radius 1 is 1.27 bits per heavy atom. The highest BCUT2D eigenvalue weighted by Gasteiger charge is 2.30. The van der Waals surface area contributed by atoms with Crippen molar-refractivity contribution in [3.8, 4) is 0 Å². The molecule has 6 heteroatoms. The lowest BCUT2D eigenvalue weighted by Gasteiger charge is -2.38. The summed E-state index contributed by atoms with van der Waals surface area (Å²) >= 11 is 0. The van der Waals surface area contributed by atoms with Gasteiger partial charge in [0.1, 0.15) is 0 Å². The molecule has 1 N–H and O–H groups in total. The molecule has 3 nitrogen and oxygen atoms in total. The molecule has 2 rings (SSSR count). The highest BCUT2D eigenvalue weighted by Crippen LogP contribution is 2.29. The van der Waals surface area contributed by atoms with E-state index in [0.29, 0.717) is 18.0 Å². The largest absolute Gasteiger partial charge is 0.416 e. The average Bonchev–Trinajstić information content (AvgIpc) is 2.56. The van der Waals surface area contributed by atoms with E-state index in [-0.39, 0.29) is 18.4 Å². The topological polar surface area (TPSA) is 32.3 Å². The van der Waals surface area contributed by atoms with Gasteiger partial charge in [-0.3, -0.25) is 9.69 Å². The molecule has 1 aromatic carbocycles. The van der Waals surface area contributed by atoms with E-state index < -0.39 is 11.7 Å². The first-order valence-electron chi connectivity index (χ1n) is 9.33. The number of likely N-dealkylation sites (tertiary alicyclic amines) is 1. The number of nitrogens with zero attached hydrogens (tertiary/aromatic N) is 1. The first-order valence-corrected chi connectivity index (χ1v) is 9.33. The van der Waals surface area contributed by atoms with Crippen molar-refractivity contribution in [3.63, 3.8) is 0 Å². The van der Waals surface area contributed by atoms with Gasteiger partial charge in [0, 0.05) is 12.6 Å². The lowest BCUT2D eigenvalue weighted by Crippen LogP contribution is -2.49. The first-order chi connectivity index (χ1) is 12.2. The van der Waals surface area contributed by atoms with E-state index in [0.717, 1.165) is 31.1 Å². The van der Waals surface area contributed by atoms with Gasteiger partial charge in [0.25, 0.3) is 0 Å². The Morgan fingerprint density at radius 3 is 2.50 bits per heavy atom. The molecule has 1 unspecified atom stereocenters. The van der Waals surface area contributed by atoms with Gasteiger partial charge in [-0.25, -0.2) is 0 Å². The summed E-state index contributed by atoms with van der Waals surface area (Å²) in [6.07, 6.45) is -2.09. The summed E-state index contributed by atoms with van der Waals surface area (Å²) in [6.45, 7) is 9.15. The number of hydrogen-bond donors (Lipinski definition) is 1. The number of benzene rings is 1. The lowest BCUT2D eigenvalue weighted by atomic mass is 9.94. The summed E-state index contributed by atoms with van der Waals surface area (Å²) in [7, 11) is 0. The maximum atomic E-state index is 12.8. The summed E-state index contributed by atoms with van der Waals surface area (Å²) < 4.78 is 38.3. The molecule has 1 aliphatic heterocycles. The third-order valence-corrected chi connectivity index (χ3v) is 5.18. The van der Waals surface area contributed by atoms with Crippen LogP contribution in [0.2, 0.25) is 0 Å². The van der Waals surface area contributed by atoms with Crippen LogP contribution in [0.15, 0.2) is 24.3 Å². The molecule has 0 spiro atoms. The number of piperidine rings is 1. The number of carbonyl (C=O) groups excluding carboxylic acids is 1. The summed E-state index contributed by atoms with van der Waals surface area (Å²) in [5, 5.41) is 2.92. The molecular weight excluding hydrogens is 341 g/mol. The van der Waals surface area contributed by atoms with Gasteiger partial charge in [0.15, 0.2) is 0 Å². The maximum absolute atomic E-state index is 12.8. The Labute approximate surface area is 154 Å². The minimum atomic E-state index is -4.39. The van der Waals surface area contributed by atoms with E-state index in [1.807, 2.05) is 0 Å². The molecule has 1 aromatic rings. The number of halogens is 3. The van der Waals surface area contributed by atoms with Crippen LogP contribution in [0.5, 0.6) is 0 Å². The van der Waals surface area contributed by atoms with Crippen molar-refractivity contribution in [3.05, 3.63) is 35.4 Å². The summed E-state index contributed by atoms with van der Waals surface area (Å²) in [6, 6.07) is 5.23. The zero-order valence-electron chi connectivity index (χ0n) is 15.8. The fourth-order valence-electron chi connectivity index (χ4n) is 3.47. The minimum Gasteiger partial charge on any atom is -0.354 e. The van der Waals surface area contributed by atoms with Crippen LogP contribution in [-0.4, -0.2) is 36.5 Å². The first kappa shape index (κ1) is 20.7. The van der Waals surface area contributed by atoms with Gasteiger partial charge in [0.05, 0.1) is 12.0 Å². The normalized spacial score (nSPS) is 18.1. The number of alkyl halides is 3. The second-order valence-corrected chi connectivity index (χ2v) is 7.71. The van der Waals surface area contributed by atoms with E-state index in [1.165, 1.54) is 18.9 Å². The molecular formula is C20H29F3N2O. The average molecular weight is 370 g/mol. The molecule has 1 fully saturated rings. The van der Waals surface area contributed by atoms with Crippen molar-refractivity contribution >= 4 is 5.91 Å². The van der Waals surface area contributed by atoms with Gasteiger partial charge in [0.2, 0.25) is 5.91 Å². The van der Waals surface area contributed by atoms with Crippen LogP contribution in [0.3, 0.4) is 0 Å². The number of nitrogens with one attached hydrogen (secondary N) is 1. The van der Waals surface area contributed by atoms with Crippen LogP contribution in [0.25, 0.3) is 0 Å². The van der Waals surface area contributed by atoms with Gasteiger partial charge in [-0.15, -0.1) is 0 Å². The van der Waals surface area contributed by atoms with Crippen LogP contribution in [-0.2, 0) is 17.4 Å². The number of carbonyl (C=O) groups is 1. The van der Waals surface area contributed by atoms with Gasteiger partial charge in [-0.2, -0.15) is 13.2 Å². The summed E-state index contributed by atoms with van der Waals surface area (Å²) in [5.41, 5.74) is -0.337. The SMILES string of the molecule is CC1CCN(C(CNC(=O)Cc2cccc(C(F)(F)F)c2)C(C)C)CC1. The highest BCUT2D eigenvalue weighted by atomic mass is 19.4. The molecule has 1 amide bonds. The number of amides is 1. The fraction of sp³-hybridized carbons (Fsp3) is 0.650. The molecule has 146 valence electrons. The third-order valence-electron chi connectivity index (χ3n) is 5.18. The van der Waals surface area contributed by atoms with Crippen LogP contribution in [0.1, 0.15) is 44.7 Å². The third kappa shape index (κ3) is 6.01. The summed E-state index contributed by atoms with van der Waals surface area (Å²) in [4.78, 5) is 14.7. The Morgan fingerprint density at radius 2 is 1.92 bits per heavy atom. The maximum Gasteiger partial charge on any atom is 0.416 e. The van der Waals surface area contributed by atoms with Crippen LogP contribution < -0.4 is 5.32 Å². The number of rotatable bonds is 6. The van der Waals surface area contributed by atoms with Crippen molar-refractivity contribution in [2.24, 2.45) is 11.8 Å². The lowest BCUT2D eigenvalue weighted by molar-refractivity contribution is -0.137.